The number of nitrogens with one attached hydrogen (secondary N) is 2. The van der Waals surface area contributed by atoms with Gasteiger partial charge in [0.1, 0.15) is 0 Å². The predicted octanol–water partition coefficient (Wildman–Crippen LogP) is 8.95. The first-order valence-corrected chi connectivity index (χ1v) is 16.5. The number of carbonyl (C=O) groups is 2. The summed E-state index contributed by atoms with van der Waals surface area (Å²) in [4.78, 5) is 31.9. The molecule has 0 spiro atoms. The van der Waals surface area contributed by atoms with E-state index in [4.69, 9.17) is 43.4 Å². The molecular formula is C36H37Cl2N5O4. The van der Waals surface area contributed by atoms with Crippen LogP contribution in [0, 0.1) is 0 Å². The number of primary amides is 1. The number of amides is 2. The number of fused-ring (bicyclic) bond motifs is 2. The van der Waals surface area contributed by atoms with Gasteiger partial charge in [0.15, 0.2) is 6.10 Å². The van der Waals surface area contributed by atoms with Crippen molar-refractivity contribution in [2.45, 2.75) is 25.9 Å². The van der Waals surface area contributed by atoms with Gasteiger partial charge in [0, 0.05) is 58.2 Å². The maximum absolute atomic E-state index is 12.8. The van der Waals surface area contributed by atoms with Crippen molar-refractivity contribution in [1.29, 1.82) is 0 Å². The van der Waals surface area contributed by atoms with E-state index in [1.165, 1.54) is 0 Å². The highest BCUT2D eigenvalue weighted by Crippen LogP contribution is 2.37. The highest BCUT2D eigenvalue weighted by atomic mass is 35.5. The molecule has 2 amide bonds. The van der Waals surface area contributed by atoms with E-state index in [9.17, 15) is 9.59 Å². The average molecular weight is 675 g/mol. The van der Waals surface area contributed by atoms with E-state index in [-0.39, 0.29) is 0 Å². The molecule has 0 radical (unpaired) electrons. The summed E-state index contributed by atoms with van der Waals surface area (Å²) in [5.74, 6) is 0.898. The third-order valence-electron chi connectivity index (χ3n) is 7.60. The van der Waals surface area contributed by atoms with Crippen LogP contribution in [-0.4, -0.2) is 48.6 Å². The molecule has 1 heterocycles. The molecule has 1 atom stereocenters. The lowest BCUT2D eigenvalue weighted by Gasteiger charge is -2.24. The molecule has 0 bridgehead atoms. The highest BCUT2D eigenvalue weighted by molar-refractivity contribution is 6.18. The molecular weight excluding hydrogens is 637 g/mol. The Kier molecular flexibility index (Phi) is 11.6. The molecule has 9 nitrogen and oxygen atoms in total. The van der Waals surface area contributed by atoms with Gasteiger partial charge in [0.25, 0.3) is 0 Å². The van der Waals surface area contributed by atoms with E-state index in [2.05, 4.69) is 15.5 Å². The number of carbonyl (C=O) groups excluding carboxylic acids is 2. The van der Waals surface area contributed by atoms with Crippen molar-refractivity contribution in [3.8, 4) is 0 Å². The minimum absolute atomic E-state index is 0.298. The second kappa shape index (κ2) is 16.2. The number of hydrogen-bond donors (Lipinski definition) is 3. The molecule has 11 heteroatoms. The van der Waals surface area contributed by atoms with E-state index in [1.54, 1.807) is 12.1 Å². The number of para-hydroxylation sites is 2. The SMILES string of the molecule is CCCCOC(=O)Nc1cc(Nc2c3ccccc3nc3ccccc23)cc(C(OC(N)=O)c2ccc(N(CCCl)CCCl)cc2)c1. The summed E-state index contributed by atoms with van der Waals surface area (Å²) >= 11 is 12.0. The summed E-state index contributed by atoms with van der Waals surface area (Å²) in [6.07, 6.45) is -0.772. The van der Waals surface area contributed by atoms with E-state index in [1.807, 2.05) is 85.8 Å². The van der Waals surface area contributed by atoms with Crippen LogP contribution in [0.2, 0.25) is 0 Å². The standard InChI is InChI=1S/C36H37Cl2N5O4/c1-2-3-20-46-36(45)41-27-22-25(34(47-35(39)44)24-12-14-28(15-13-24)43(18-16-37)19-17-38)21-26(23-27)40-33-29-8-4-6-10-31(29)42-32-11-7-5-9-30(32)33/h4-15,21-23,34H,2-3,16-20H2,1H3,(H2,39,44)(H,40,42)(H,41,45). The molecule has 4 N–H and O–H groups in total. The molecule has 1 unspecified atom stereocenters. The van der Waals surface area contributed by atoms with Crippen molar-refractivity contribution in [3.05, 3.63) is 102 Å². The lowest BCUT2D eigenvalue weighted by molar-refractivity contribution is 0.126. The molecule has 0 fully saturated rings. The van der Waals surface area contributed by atoms with Crippen LogP contribution >= 0.6 is 23.2 Å². The first kappa shape index (κ1) is 33.6. The van der Waals surface area contributed by atoms with Crippen LogP contribution < -0.4 is 21.3 Å². The Balaban J connectivity index is 1.59. The molecule has 47 heavy (non-hydrogen) atoms. The lowest BCUT2D eigenvalue weighted by atomic mass is 9.99. The summed E-state index contributed by atoms with van der Waals surface area (Å²) in [6, 6.07) is 28.7. The number of nitrogens with two attached hydrogens (primary N) is 1. The van der Waals surface area contributed by atoms with Crippen molar-refractivity contribution < 1.29 is 19.1 Å². The van der Waals surface area contributed by atoms with E-state index in [0.717, 1.165) is 46.0 Å². The third-order valence-corrected chi connectivity index (χ3v) is 7.93. The van der Waals surface area contributed by atoms with Gasteiger partial charge in [-0.2, -0.15) is 0 Å². The largest absolute Gasteiger partial charge is 0.449 e. The summed E-state index contributed by atoms with van der Waals surface area (Å²) < 4.78 is 11.1. The Bertz CT molecular complexity index is 1780. The molecule has 4 aromatic carbocycles. The van der Waals surface area contributed by atoms with Gasteiger partial charge in [0.05, 0.1) is 23.3 Å². The second-order valence-corrected chi connectivity index (χ2v) is 11.6. The first-order valence-electron chi connectivity index (χ1n) is 15.5. The van der Waals surface area contributed by atoms with Crippen molar-refractivity contribution in [2.24, 2.45) is 5.73 Å². The molecule has 5 rings (SSSR count). The number of aromatic nitrogens is 1. The van der Waals surface area contributed by atoms with Crippen molar-refractivity contribution >= 4 is 79.9 Å². The van der Waals surface area contributed by atoms with E-state index < -0.39 is 18.3 Å². The van der Waals surface area contributed by atoms with Crippen LogP contribution in [0.15, 0.2) is 91.0 Å². The minimum atomic E-state index is -0.942. The van der Waals surface area contributed by atoms with Gasteiger partial charge >= 0.3 is 12.2 Å². The van der Waals surface area contributed by atoms with Gasteiger partial charge in [-0.05, 0) is 54.4 Å². The maximum atomic E-state index is 12.8. The van der Waals surface area contributed by atoms with Crippen molar-refractivity contribution in [1.82, 2.24) is 4.98 Å². The Morgan fingerprint density at radius 3 is 2.06 bits per heavy atom. The number of hydrogen-bond acceptors (Lipinski definition) is 7. The van der Waals surface area contributed by atoms with Crippen LogP contribution in [0.25, 0.3) is 21.8 Å². The van der Waals surface area contributed by atoms with Gasteiger partial charge in [-0.1, -0.05) is 61.9 Å². The van der Waals surface area contributed by atoms with Crippen LogP contribution in [0.4, 0.5) is 32.3 Å². The Labute approximate surface area is 283 Å². The van der Waals surface area contributed by atoms with Gasteiger partial charge < -0.3 is 25.4 Å². The number of halogens is 2. The van der Waals surface area contributed by atoms with E-state index in [0.29, 0.717) is 54.0 Å². The zero-order valence-corrected chi connectivity index (χ0v) is 27.6. The Morgan fingerprint density at radius 1 is 0.851 bits per heavy atom. The third kappa shape index (κ3) is 8.55. The Hall–Kier alpha value is -4.73. The van der Waals surface area contributed by atoms with Crippen molar-refractivity contribution in [2.75, 3.05) is 47.0 Å². The van der Waals surface area contributed by atoms with Crippen molar-refractivity contribution in [3.63, 3.8) is 0 Å². The van der Waals surface area contributed by atoms with Gasteiger partial charge in [-0.15, -0.1) is 23.2 Å². The second-order valence-electron chi connectivity index (χ2n) is 10.9. The van der Waals surface area contributed by atoms with Crippen LogP contribution in [-0.2, 0) is 9.47 Å². The molecule has 0 aliphatic carbocycles. The fourth-order valence-corrected chi connectivity index (χ4v) is 5.82. The van der Waals surface area contributed by atoms with Gasteiger partial charge in [0.2, 0.25) is 0 Å². The quantitative estimate of drug-likeness (QED) is 0.0611. The number of anilines is 4. The van der Waals surface area contributed by atoms with Gasteiger partial charge in [-0.3, -0.25) is 5.32 Å². The van der Waals surface area contributed by atoms with E-state index >= 15 is 0 Å². The molecule has 244 valence electrons. The topological polar surface area (TPSA) is 119 Å². The molecule has 0 saturated heterocycles. The van der Waals surface area contributed by atoms with Crippen LogP contribution in [0.5, 0.6) is 0 Å². The number of alkyl halides is 2. The highest BCUT2D eigenvalue weighted by Gasteiger charge is 2.21. The monoisotopic (exact) mass is 673 g/mol. The Morgan fingerprint density at radius 2 is 1.47 bits per heavy atom. The summed E-state index contributed by atoms with van der Waals surface area (Å²) in [6.45, 7) is 3.58. The molecule has 0 saturated carbocycles. The molecule has 1 aromatic heterocycles. The number of benzene rings is 4. The predicted molar refractivity (Wildman–Crippen MR) is 191 cm³/mol. The lowest BCUT2D eigenvalue weighted by Crippen LogP contribution is -2.27. The van der Waals surface area contributed by atoms with Crippen LogP contribution in [0.3, 0.4) is 0 Å². The summed E-state index contributed by atoms with van der Waals surface area (Å²) in [7, 11) is 0. The molecule has 0 aliphatic heterocycles. The van der Waals surface area contributed by atoms with Gasteiger partial charge in [-0.25, -0.2) is 14.6 Å². The number of nitrogens with zero attached hydrogens (tertiary/aromatic N) is 2. The zero-order valence-electron chi connectivity index (χ0n) is 26.0. The average Bonchev–Trinajstić information content (AvgIpc) is 3.07. The molecule has 0 aliphatic rings. The molecule has 5 aromatic rings. The summed E-state index contributed by atoms with van der Waals surface area (Å²) in [5.41, 5.74) is 11.3. The number of unbranched alkanes of at least 4 members (excludes halogenated alkanes) is 1. The fourth-order valence-electron chi connectivity index (χ4n) is 5.41. The smallest absolute Gasteiger partial charge is 0.411 e. The zero-order chi connectivity index (χ0) is 33.2. The normalized spacial score (nSPS) is 11.6. The number of pyridine rings is 1. The number of rotatable bonds is 14. The minimum Gasteiger partial charge on any atom is -0.449 e. The fraction of sp³-hybridized carbons (Fsp3) is 0.250. The first-order chi connectivity index (χ1) is 22.9. The summed E-state index contributed by atoms with van der Waals surface area (Å²) in [5, 5.41) is 8.25. The number of ether oxygens (including phenoxy) is 2. The van der Waals surface area contributed by atoms with Crippen LogP contribution in [0.1, 0.15) is 37.0 Å². The maximum Gasteiger partial charge on any atom is 0.411 e.